The minimum atomic E-state index is -3.91. The van der Waals surface area contributed by atoms with E-state index in [1.165, 1.54) is 4.31 Å². The summed E-state index contributed by atoms with van der Waals surface area (Å²) < 4.78 is 34.9. The molecule has 0 unspecified atom stereocenters. The van der Waals surface area contributed by atoms with Crippen LogP contribution in [0.15, 0.2) is 53.4 Å². The molecule has 1 N–H and O–H groups in total. The smallest absolute Gasteiger partial charge is 0.247 e. The fourth-order valence-corrected chi connectivity index (χ4v) is 5.84. The number of aliphatic hydroxyl groups excluding tert-OH is 1. The van der Waals surface area contributed by atoms with Gasteiger partial charge in [-0.15, -0.1) is 0 Å². The number of aliphatic hydroxyl groups is 1. The molecule has 0 spiro atoms. The van der Waals surface area contributed by atoms with Crippen molar-refractivity contribution in [3.05, 3.63) is 48.5 Å². The number of benzene rings is 2. The summed E-state index contributed by atoms with van der Waals surface area (Å²) >= 11 is 0. The van der Waals surface area contributed by atoms with Crippen molar-refractivity contribution in [1.82, 2.24) is 14.1 Å². The van der Waals surface area contributed by atoms with E-state index in [-0.39, 0.29) is 42.2 Å². The zero-order valence-electron chi connectivity index (χ0n) is 20.5. The SMILES string of the molecule is C[C@@H]1CN([C@@H](C)CO)S(=O)(=O)c2ccc(-c3ccccc3)cc2O[C@H]1CN(C)C(=O)CN(C)C. The summed E-state index contributed by atoms with van der Waals surface area (Å²) in [5.41, 5.74) is 1.78. The molecule has 3 rings (SSSR count). The topological polar surface area (TPSA) is 90.4 Å². The van der Waals surface area contributed by atoms with Crippen molar-refractivity contribution in [2.24, 2.45) is 5.92 Å². The van der Waals surface area contributed by atoms with Gasteiger partial charge in [-0.25, -0.2) is 8.42 Å². The molecule has 3 atom stereocenters. The Kier molecular flexibility index (Phi) is 8.35. The van der Waals surface area contributed by atoms with E-state index in [9.17, 15) is 18.3 Å². The molecule has 1 heterocycles. The highest BCUT2D eigenvalue weighted by Gasteiger charge is 2.38. The van der Waals surface area contributed by atoms with Crippen LogP contribution in [0.4, 0.5) is 0 Å². The average molecular weight is 490 g/mol. The van der Waals surface area contributed by atoms with E-state index in [1.807, 2.05) is 51.4 Å². The van der Waals surface area contributed by atoms with Crippen molar-refractivity contribution >= 4 is 15.9 Å². The van der Waals surface area contributed by atoms with Crippen LogP contribution in [-0.4, -0.2) is 93.1 Å². The van der Waals surface area contributed by atoms with Gasteiger partial charge in [0.1, 0.15) is 16.7 Å². The molecule has 2 aromatic rings. The van der Waals surface area contributed by atoms with Crippen molar-refractivity contribution in [3.63, 3.8) is 0 Å². The van der Waals surface area contributed by atoms with Gasteiger partial charge in [0.05, 0.1) is 19.7 Å². The van der Waals surface area contributed by atoms with E-state index in [2.05, 4.69) is 0 Å². The molecule has 34 heavy (non-hydrogen) atoms. The lowest BCUT2D eigenvalue weighted by molar-refractivity contribution is -0.132. The maximum atomic E-state index is 13.6. The third kappa shape index (κ3) is 5.78. The standard InChI is InChI=1S/C25H35N3O5S/c1-18-14-28(19(2)17-29)34(31,32)24-12-11-21(20-9-7-6-8-10-20)13-22(24)33-23(18)15-27(5)25(30)16-26(3)4/h6-13,18-19,23,29H,14-17H2,1-5H3/t18-,19+,23+/m1/s1. The summed E-state index contributed by atoms with van der Waals surface area (Å²) in [6.07, 6.45) is -0.440. The lowest BCUT2D eigenvalue weighted by Crippen LogP contribution is -2.50. The molecule has 0 bridgehead atoms. The minimum absolute atomic E-state index is 0.0469. The number of likely N-dealkylation sites (N-methyl/N-ethyl adjacent to an activating group) is 2. The number of amides is 1. The Labute approximate surface area is 202 Å². The highest BCUT2D eigenvalue weighted by Crippen LogP contribution is 2.36. The van der Waals surface area contributed by atoms with Gasteiger partial charge in [0.15, 0.2) is 0 Å². The third-order valence-electron chi connectivity index (χ3n) is 6.11. The van der Waals surface area contributed by atoms with E-state index in [1.54, 1.807) is 42.0 Å². The van der Waals surface area contributed by atoms with Crippen LogP contribution >= 0.6 is 0 Å². The number of hydrogen-bond acceptors (Lipinski definition) is 6. The molecule has 0 radical (unpaired) electrons. The van der Waals surface area contributed by atoms with Crippen LogP contribution in [0.2, 0.25) is 0 Å². The highest BCUT2D eigenvalue weighted by atomic mass is 32.2. The van der Waals surface area contributed by atoms with Crippen molar-refractivity contribution in [3.8, 4) is 16.9 Å². The molecule has 0 saturated heterocycles. The Balaban J connectivity index is 2.06. The number of nitrogens with zero attached hydrogens (tertiary/aromatic N) is 3. The second kappa shape index (κ2) is 10.9. The number of hydrogen-bond donors (Lipinski definition) is 1. The first kappa shape index (κ1) is 26.2. The normalized spacial score (nSPS) is 21.1. The number of carbonyl (C=O) groups excluding carboxylic acids is 1. The van der Waals surface area contributed by atoms with Gasteiger partial charge in [-0.05, 0) is 44.3 Å². The van der Waals surface area contributed by atoms with Crippen LogP contribution in [0, 0.1) is 5.92 Å². The number of carbonyl (C=O) groups is 1. The second-order valence-electron chi connectivity index (χ2n) is 9.28. The summed E-state index contributed by atoms with van der Waals surface area (Å²) in [5, 5.41) is 9.78. The molecule has 1 aliphatic rings. The van der Waals surface area contributed by atoms with Crippen molar-refractivity contribution in [2.75, 3.05) is 47.4 Å². The minimum Gasteiger partial charge on any atom is -0.487 e. The maximum absolute atomic E-state index is 13.6. The first-order valence-electron chi connectivity index (χ1n) is 11.4. The number of ether oxygens (including phenoxy) is 1. The lowest BCUT2D eigenvalue weighted by Gasteiger charge is -2.37. The molecule has 1 amide bonds. The highest BCUT2D eigenvalue weighted by molar-refractivity contribution is 7.89. The Morgan fingerprint density at radius 3 is 2.44 bits per heavy atom. The Bertz CT molecular complexity index is 1090. The predicted molar refractivity (Wildman–Crippen MR) is 132 cm³/mol. The van der Waals surface area contributed by atoms with Gasteiger partial charge >= 0.3 is 0 Å². The quantitative estimate of drug-likeness (QED) is 0.641. The number of fused-ring (bicyclic) bond motifs is 1. The van der Waals surface area contributed by atoms with Crippen LogP contribution in [0.25, 0.3) is 11.1 Å². The van der Waals surface area contributed by atoms with Gasteiger partial charge in [-0.3, -0.25) is 4.79 Å². The van der Waals surface area contributed by atoms with Crippen molar-refractivity contribution in [2.45, 2.75) is 30.9 Å². The van der Waals surface area contributed by atoms with Gasteiger partial charge in [-0.2, -0.15) is 4.31 Å². The largest absolute Gasteiger partial charge is 0.487 e. The molecule has 9 heteroatoms. The Morgan fingerprint density at radius 1 is 1.15 bits per heavy atom. The van der Waals surface area contributed by atoms with Crippen LogP contribution < -0.4 is 4.74 Å². The summed E-state index contributed by atoms with van der Waals surface area (Å²) in [6, 6.07) is 14.2. The molecule has 186 valence electrons. The van der Waals surface area contributed by atoms with Crippen LogP contribution in [0.5, 0.6) is 5.75 Å². The van der Waals surface area contributed by atoms with Crippen LogP contribution in [-0.2, 0) is 14.8 Å². The second-order valence-corrected chi connectivity index (χ2v) is 11.1. The zero-order chi connectivity index (χ0) is 25.0. The van der Waals surface area contributed by atoms with Gasteiger partial charge in [0, 0.05) is 25.6 Å². The summed E-state index contributed by atoms with van der Waals surface area (Å²) in [7, 11) is 1.49. The number of sulfonamides is 1. The first-order valence-corrected chi connectivity index (χ1v) is 12.9. The van der Waals surface area contributed by atoms with Crippen molar-refractivity contribution in [1.29, 1.82) is 0 Å². The van der Waals surface area contributed by atoms with E-state index < -0.39 is 22.2 Å². The van der Waals surface area contributed by atoms with Gasteiger partial charge in [0.2, 0.25) is 15.9 Å². The maximum Gasteiger partial charge on any atom is 0.247 e. The van der Waals surface area contributed by atoms with Crippen LogP contribution in [0.3, 0.4) is 0 Å². The monoisotopic (exact) mass is 489 g/mol. The molecule has 0 aliphatic carbocycles. The van der Waals surface area contributed by atoms with Crippen molar-refractivity contribution < 1.29 is 23.1 Å². The summed E-state index contributed by atoms with van der Waals surface area (Å²) in [6.45, 7) is 4.05. The summed E-state index contributed by atoms with van der Waals surface area (Å²) in [5.74, 6) is -0.0252. The molecule has 1 aliphatic heterocycles. The fraction of sp³-hybridized carbons (Fsp3) is 0.480. The van der Waals surface area contributed by atoms with Crippen LogP contribution in [0.1, 0.15) is 13.8 Å². The third-order valence-corrected chi connectivity index (χ3v) is 8.12. The summed E-state index contributed by atoms with van der Waals surface area (Å²) in [4.78, 5) is 16.1. The van der Waals surface area contributed by atoms with Gasteiger partial charge in [-0.1, -0.05) is 43.3 Å². The van der Waals surface area contributed by atoms with E-state index in [0.29, 0.717) is 6.54 Å². The molecule has 0 fully saturated rings. The van der Waals surface area contributed by atoms with E-state index >= 15 is 0 Å². The molecule has 8 nitrogen and oxygen atoms in total. The average Bonchev–Trinajstić information content (AvgIpc) is 2.80. The predicted octanol–water partition coefficient (Wildman–Crippen LogP) is 2.14. The number of rotatable bonds is 7. The lowest BCUT2D eigenvalue weighted by atomic mass is 10.0. The van der Waals surface area contributed by atoms with E-state index in [0.717, 1.165) is 11.1 Å². The first-order chi connectivity index (χ1) is 16.0. The fourth-order valence-electron chi connectivity index (χ4n) is 4.02. The van der Waals surface area contributed by atoms with Gasteiger partial charge < -0.3 is 19.6 Å². The Morgan fingerprint density at radius 2 is 1.82 bits per heavy atom. The molecular formula is C25H35N3O5S. The molecule has 0 saturated carbocycles. The van der Waals surface area contributed by atoms with E-state index in [4.69, 9.17) is 4.74 Å². The molecule has 2 aromatic carbocycles. The molecular weight excluding hydrogens is 454 g/mol. The molecule has 0 aromatic heterocycles. The Hall–Kier alpha value is -2.46. The van der Waals surface area contributed by atoms with Gasteiger partial charge in [0.25, 0.3) is 0 Å². The zero-order valence-corrected chi connectivity index (χ0v) is 21.3.